The van der Waals surface area contributed by atoms with Crippen LogP contribution >= 0.6 is 11.6 Å². The lowest BCUT2D eigenvalue weighted by Gasteiger charge is -2.46. The molecule has 1 saturated carbocycles. The minimum atomic E-state index is -0.671. The molecule has 0 unspecified atom stereocenters. The lowest BCUT2D eigenvalue weighted by atomic mass is 9.72. The third kappa shape index (κ3) is 5.86. The van der Waals surface area contributed by atoms with Gasteiger partial charge in [-0.25, -0.2) is 9.59 Å². The second-order valence-electron chi connectivity index (χ2n) is 9.46. The molecule has 2 fully saturated rings. The fourth-order valence-electron chi connectivity index (χ4n) is 4.57. The first kappa shape index (κ1) is 24.2. The molecule has 1 aromatic rings. The minimum Gasteiger partial charge on any atom is -0.489 e. The largest absolute Gasteiger partial charge is 0.489 e. The van der Waals surface area contributed by atoms with E-state index < -0.39 is 23.7 Å². The summed E-state index contributed by atoms with van der Waals surface area (Å²) >= 11 is 5.99. The maximum Gasteiger partial charge on any atom is 0.411 e. The number of hydrogen-bond donors (Lipinski definition) is 0. The van der Waals surface area contributed by atoms with Crippen LogP contribution in [0.15, 0.2) is 18.2 Å². The molecule has 4 atom stereocenters. The van der Waals surface area contributed by atoms with Gasteiger partial charge in [0.1, 0.15) is 23.5 Å². The summed E-state index contributed by atoms with van der Waals surface area (Å²) in [5.41, 5.74) is -0.237. The predicted molar refractivity (Wildman–Crippen MR) is 119 cm³/mol. The number of fused-ring (bicyclic) bond motifs is 1. The van der Waals surface area contributed by atoms with Gasteiger partial charge in [0.15, 0.2) is 0 Å². The van der Waals surface area contributed by atoms with Gasteiger partial charge in [0.05, 0.1) is 18.3 Å². The molecule has 1 heterocycles. The Labute approximate surface area is 194 Å². The molecule has 1 saturated heterocycles. The van der Waals surface area contributed by atoms with E-state index in [1.165, 1.54) is 0 Å². The Bertz CT molecular complexity index is 891. The highest BCUT2D eigenvalue weighted by Crippen LogP contribution is 2.41. The molecule has 1 aliphatic heterocycles. The summed E-state index contributed by atoms with van der Waals surface area (Å²) in [7, 11) is 0. The van der Waals surface area contributed by atoms with E-state index in [0.29, 0.717) is 29.3 Å². The third-order valence-corrected chi connectivity index (χ3v) is 6.20. The van der Waals surface area contributed by atoms with Gasteiger partial charge in [0, 0.05) is 11.6 Å². The van der Waals surface area contributed by atoms with Gasteiger partial charge in [-0.1, -0.05) is 11.6 Å². The van der Waals surface area contributed by atoms with E-state index >= 15 is 0 Å². The van der Waals surface area contributed by atoms with Crippen molar-refractivity contribution < 1.29 is 23.8 Å². The van der Waals surface area contributed by atoms with Gasteiger partial charge < -0.3 is 14.2 Å². The van der Waals surface area contributed by atoms with E-state index in [4.69, 9.17) is 25.8 Å². The Morgan fingerprint density at radius 3 is 2.62 bits per heavy atom. The molecular formula is C24H31ClN2O5. The monoisotopic (exact) mass is 462 g/mol. The van der Waals surface area contributed by atoms with Crippen molar-refractivity contribution in [1.29, 1.82) is 5.26 Å². The molecule has 32 heavy (non-hydrogen) atoms. The smallest absolute Gasteiger partial charge is 0.411 e. The van der Waals surface area contributed by atoms with Gasteiger partial charge in [-0.2, -0.15) is 5.26 Å². The molecule has 0 radical (unpaired) electrons. The Balaban J connectivity index is 1.73. The second-order valence-corrected chi connectivity index (χ2v) is 9.90. The lowest BCUT2D eigenvalue weighted by Crippen LogP contribution is -2.56. The number of halogens is 1. The first-order valence-corrected chi connectivity index (χ1v) is 11.5. The molecular weight excluding hydrogens is 432 g/mol. The predicted octanol–water partition coefficient (Wildman–Crippen LogP) is 4.95. The van der Waals surface area contributed by atoms with E-state index in [9.17, 15) is 14.9 Å². The molecule has 8 heteroatoms. The van der Waals surface area contributed by atoms with Gasteiger partial charge in [-0.15, -0.1) is 0 Å². The zero-order valence-corrected chi connectivity index (χ0v) is 19.9. The SMILES string of the molecule is CCOC(=O)[C@@H]1C[C@H]2C[C@@H](Oc3ccc(Cl)cc3C#N)CC[C@H]2CN1C(=O)OC(C)(C)C. The molecule has 0 aromatic heterocycles. The van der Waals surface area contributed by atoms with Crippen LogP contribution in [-0.4, -0.2) is 47.9 Å². The van der Waals surface area contributed by atoms with Gasteiger partial charge in [0.2, 0.25) is 0 Å². The standard InChI is InChI=1S/C24H31ClN2O5/c1-5-30-22(28)20-12-16-11-19(31-21-9-7-18(25)10-17(21)13-26)8-6-15(16)14-27(20)23(29)32-24(2,3)4/h7,9-10,15-16,19-20H,5-6,8,11-12,14H2,1-4H3/t15-,16+,19-,20-/m0/s1. The van der Waals surface area contributed by atoms with E-state index in [2.05, 4.69) is 6.07 Å². The first-order chi connectivity index (χ1) is 15.1. The molecule has 1 amide bonds. The van der Waals surface area contributed by atoms with Crippen LogP contribution in [0.2, 0.25) is 5.02 Å². The highest BCUT2D eigenvalue weighted by molar-refractivity contribution is 6.30. The number of piperidine rings is 1. The Hall–Kier alpha value is -2.46. The molecule has 0 bridgehead atoms. The molecule has 0 spiro atoms. The highest BCUT2D eigenvalue weighted by atomic mass is 35.5. The minimum absolute atomic E-state index is 0.0690. The first-order valence-electron chi connectivity index (χ1n) is 11.1. The molecule has 3 rings (SSSR count). The molecule has 1 aromatic carbocycles. The number of ether oxygens (including phenoxy) is 3. The van der Waals surface area contributed by atoms with E-state index in [0.717, 1.165) is 19.3 Å². The lowest BCUT2D eigenvalue weighted by molar-refractivity contribution is -0.153. The number of esters is 1. The van der Waals surface area contributed by atoms with Crippen molar-refractivity contribution in [3.05, 3.63) is 28.8 Å². The van der Waals surface area contributed by atoms with Crippen molar-refractivity contribution >= 4 is 23.7 Å². The Kier molecular flexibility index (Phi) is 7.55. The van der Waals surface area contributed by atoms with E-state index in [1.807, 2.05) is 20.8 Å². The zero-order chi connectivity index (χ0) is 23.5. The zero-order valence-electron chi connectivity index (χ0n) is 19.1. The normalized spacial score (nSPS) is 25.3. The van der Waals surface area contributed by atoms with Crippen LogP contribution in [0.1, 0.15) is 58.9 Å². The van der Waals surface area contributed by atoms with Crippen molar-refractivity contribution in [3.8, 4) is 11.8 Å². The van der Waals surface area contributed by atoms with Crippen molar-refractivity contribution in [2.75, 3.05) is 13.2 Å². The van der Waals surface area contributed by atoms with Crippen LogP contribution in [0.5, 0.6) is 5.75 Å². The van der Waals surface area contributed by atoms with Gasteiger partial charge in [-0.3, -0.25) is 4.90 Å². The summed E-state index contributed by atoms with van der Waals surface area (Å²) in [4.78, 5) is 27.1. The highest BCUT2D eigenvalue weighted by Gasteiger charge is 2.45. The summed E-state index contributed by atoms with van der Waals surface area (Å²) in [5.74, 6) is 0.589. The maximum absolute atomic E-state index is 12.8. The average molecular weight is 463 g/mol. The van der Waals surface area contributed by atoms with E-state index in [-0.39, 0.29) is 24.5 Å². The molecule has 174 valence electrons. The quantitative estimate of drug-likeness (QED) is 0.588. The summed E-state index contributed by atoms with van der Waals surface area (Å²) in [6, 6.07) is 6.48. The summed E-state index contributed by atoms with van der Waals surface area (Å²) < 4.78 is 17.0. The Morgan fingerprint density at radius 2 is 1.97 bits per heavy atom. The summed E-state index contributed by atoms with van der Waals surface area (Å²) in [5, 5.41) is 9.87. The van der Waals surface area contributed by atoms with Crippen molar-refractivity contribution in [1.82, 2.24) is 4.90 Å². The van der Waals surface area contributed by atoms with Gasteiger partial charge in [0.25, 0.3) is 0 Å². The molecule has 2 aliphatic rings. The number of carbonyl (C=O) groups excluding carboxylic acids is 2. The van der Waals surface area contributed by atoms with Gasteiger partial charge >= 0.3 is 12.1 Å². The van der Waals surface area contributed by atoms with Crippen molar-refractivity contribution in [3.63, 3.8) is 0 Å². The van der Waals surface area contributed by atoms with Crippen LogP contribution < -0.4 is 4.74 Å². The van der Waals surface area contributed by atoms with Gasteiger partial charge in [-0.05, 0) is 83.4 Å². The molecule has 7 nitrogen and oxygen atoms in total. The fourth-order valence-corrected chi connectivity index (χ4v) is 4.74. The average Bonchev–Trinajstić information content (AvgIpc) is 2.72. The number of hydrogen-bond acceptors (Lipinski definition) is 6. The topological polar surface area (TPSA) is 88.9 Å². The number of nitrogens with zero attached hydrogens (tertiary/aromatic N) is 2. The van der Waals surface area contributed by atoms with Crippen LogP contribution in [0.4, 0.5) is 4.79 Å². The molecule has 1 aliphatic carbocycles. The van der Waals surface area contributed by atoms with Crippen LogP contribution in [0.3, 0.4) is 0 Å². The number of rotatable bonds is 4. The molecule has 0 N–H and O–H groups in total. The third-order valence-electron chi connectivity index (χ3n) is 5.97. The van der Waals surface area contributed by atoms with Crippen LogP contribution in [-0.2, 0) is 14.3 Å². The van der Waals surface area contributed by atoms with E-state index in [1.54, 1.807) is 30.0 Å². The fraction of sp³-hybridized carbons (Fsp3) is 0.625. The number of amides is 1. The number of likely N-dealkylation sites (tertiary alicyclic amines) is 1. The summed E-state index contributed by atoms with van der Waals surface area (Å²) in [6.45, 7) is 7.90. The Morgan fingerprint density at radius 1 is 1.22 bits per heavy atom. The number of carbonyl (C=O) groups is 2. The number of nitriles is 1. The van der Waals surface area contributed by atoms with Crippen LogP contribution in [0, 0.1) is 23.2 Å². The number of benzene rings is 1. The summed E-state index contributed by atoms with van der Waals surface area (Å²) in [6.07, 6.45) is 2.37. The van der Waals surface area contributed by atoms with Crippen molar-refractivity contribution in [2.45, 2.75) is 71.1 Å². The second kappa shape index (κ2) is 9.99. The van der Waals surface area contributed by atoms with Crippen molar-refractivity contribution in [2.24, 2.45) is 11.8 Å². The van der Waals surface area contributed by atoms with Crippen LogP contribution in [0.25, 0.3) is 0 Å². The maximum atomic E-state index is 12.8.